The fourth-order valence-corrected chi connectivity index (χ4v) is 3.35. The van der Waals surface area contributed by atoms with Crippen LogP contribution in [0.4, 0.5) is 13.2 Å². The first-order valence-electron chi connectivity index (χ1n) is 8.88. The molecule has 1 heterocycles. The van der Waals surface area contributed by atoms with Crippen molar-refractivity contribution in [1.29, 1.82) is 0 Å². The van der Waals surface area contributed by atoms with Crippen LogP contribution in [0, 0.1) is 0 Å². The largest absolute Gasteiger partial charge is 0.478 e. The van der Waals surface area contributed by atoms with Gasteiger partial charge in [0, 0.05) is 17.1 Å². The van der Waals surface area contributed by atoms with Crippen molar-refractivity contribution in [3.05, 3.63) is 88.4 Å². The van der Waals surface area contributed by atoms with Gasteiger partial charge < -0.3 is 9.67 Å². The minimum atomic E-state index is -4.47. The van der Waals surface area contributed by atoms with Gasteiger partial charge in [-0.15, -0.1) is 0 Å². The van der Waals surface area contributed by atoms with E-state index in [1.807, 2.05) is 12.1 Å². The molecule has 0 saturated carbocycles. The van der Waals surface area contributed by atoms with Gasteiger partial charge in [0.25, 0.3) is 0 Å². The Kier molecular flexibility index (Phi) is 4.99. The maximum atomic E-state index is 13.1. The van der Waals surface area contributed by atoms with Crippen molar-refractivity contribution in [2.75, 3.05) is 0 Å². The Bertz CT molecular complexity index is 1230. The number of aromatic nitrogens is 2. The summed E-state index contributed by atoms with van der Waals surface area (Å²) in [7, 11) is 0. The number of carboxylic acids is 1. The Balaban J connectivity index is 1.87. The van der Waals surface area contributed by atoms with E-state index in [0.717, 1.165) is 17.7 Å². The van der Waals surface area contributed by atoms with Gasteiger partial charge in [-0.25, -0.2) is 9.78 Å². The lowest BCUT2D eigenvalue weighted by Crippen LogP contribution is -2.05. The van der Waals surface area contributed by atoms with Crippen molar-refractivity contribution in [2.45, 2.75) is 12.7 Å². The van der Waals surface area contributed by atoms with Gasteiger partial charge in [-0.1, -0.05) is 35.9 Å². The second kappa shape index (κ2) is 7.50. The number of hydrogen-bond acceptors (Lipinski definition) is 2. The predicted octanol–water partition coefficient (Wildman–Crippen LogP) is 6.12. The number of imidazole rings is 1. The van der Waals surface area contributed by atoms with E-state index in [1.54, 1.807) is 28.8 Å². The van der Waals surface area contributed by atoms with Crippen molar-refractivity contribution in [2.24, 2.45) is 0 Å². The zero-order chi connectivity index (χ0) is 21.5. The van der Waals surface area contributed by atoms with Crippen LogP contribution in [0.15, 0.2) is 66.7 Å². The van der Waals surface area contributed by atoms with Gasteiger partial charge in [0.1, 0.15) is 5.82 Å². The molecule has 1 aromatic heterocycles. The Morgan fingerprint density at radius 1 is 1.00 bits per heavy atom. The number of benzene rings is 3. The molecule has 1 N–H and O–H groups in total. The number of carbonyl (C=O) groups is 1. The van der Waals surface area contributed by atoms with Crippen LogP contribution < -0.4 is 0 Å². The standard InChI is InChI=1S/C22H14ClF3N2O2/c23-17-8-1-13(2-9-17)12-28-19-10-7-16(22(24,25)26)11-18(19)27-20(28)14-3-5-15(6-4-14)21(29)30/h1-11H,12H2,(H,29,30). The van der Waals surface area contributed by atoms with Crippen LogP contribution >= 0.6 is 11.6 Å². The molecule has 0 fully saturated rings. The van der Waals surface area contributed by atoms with Gasteiger partial charge in [-0.2, -0.15) is 13.2 Å². The molecule has 0 spiro atoms. The van der Waals surface area contributed by atoms with Gasteiger partial charge >= 0.3 is 12.1 Å². The van der Waals surface area contributed by atoms with Gasteiger partial charge in [-0.3, -0.25) is 0 Å². The number of rotatable bonds is 4. The molecule has 0 bridgehead atoms. The van der Waals surface area contributed by atoms with Crippen molar-refractivity contribution in [3.63, 3.8) is 0 Å². The van der Waals surface area contributed by atoms with E-state index in [-0.39, 0.29) is 11.1 Å². The van der Waals surface area contributed by atoms with Crippen molar-refractivity contribution in [1.82, 2.24) is 9.55 Å². The monoisotopic (exact) mass is 430 g/mol. The van der Waals surface area contributed by atoms with Gasteiger partial charge in [0.2, 0.25) is 0 Å². The molecule has 8 heteroatoms. The molecule has 0 amide bonds. The topological polar surface area (TPSA) is 55.1 Å². The minimum absolute atomic E-state index is 0.110. The first-order chi connectivity index (χ1) is 14.2. The van der Waals surface area contributed by atoms with E-state index in [2.05, 4.69) is 4.98 Å². The van der Waals surface area contributed by atoms with E-state index in [4.69, 9.17) is 16.7 Å². The van der Waals surface area contributed by atoms with Crippen LogP contribution in [0.3, 0.4) is 0 Å². The number of hydrogen-bond donors (Lipinski definition) is 1. The highest BCUT2D eigenvalue weighted by molar-refractivity contribution is 6.30. The summed E-state index contributed by atoms with van der Waals surface area (Å²) in [5.41, 5.74) is 1.56. The van der Waals surface area contributed by atoms with Crippen LogP contribution in [0.25, 0.3) is 22.4 Å². The van der Waals surface area contributed by atoms with Gasteiger partial charge in [-0.05, 0) is 48.0 Å². The fraction of sp³-hybridized carbons (Fsp3) is 0.0909. The predicted molar refractivity (Wildman–Crippen MR) is 108 cm³/mol. The summed E-state index contributed by atoms with van der Waals surface area (Å²) < 4.78 is 41.2. The van der Waals surface area contributed by atoms with E-state index in [1.165, 1.54) is 18.2 Å². The molecule has 4 rings (SSSR count). The number of halogens is 4. The summed E-state index contributed by atoms with van der Waals surface area (Å²) in [5, 5.41) is 9.68. The fourth-order valence-electron chi connectivity index (χ4n) is 3.22. The molecule has 0 radical (unpaired) electrons. The van der Waals surface area contributed by atoms with Gasteiger partial charge in [0.05, 0.1) is 22.2 Å². The molecule has 0 saturated heterocycles. The first kappa shape index (κ1) is 20.0. The molecule has 0 aliphatic heterocycles. The molecule has 30 heavy (non-hydrogen) atoms. The number of aromatic carboxylic acids is 1. The van der Waals surface area contributed by atoms with Gasteiger partial charge in [0.15, 0.2) is 0 Å². The molecule has 4 aromatic rings. The molecular weight excluding hydrogens is 417 g/mol. The number of fused-ring (bicyclic) bond motifs is 1. The van der Waals surface area contributed by atoms with E-state index >= 15 is 0 Å². The van der Waals surface area contributed by atoms with Crippen LogP contribution in [0.2, 0.25) is 5.02 Å². The summed E-state index contributed by atoms with van der Waals surface area (Å²) in [6.45, 7) is 0.356. The smallest absolute Gasteiger partial charge is 0.416 e. The molecule has 0 aliphatic carbocycles. The normalized spacial score (nSPS) is 11.7. The highest BCUT2D eigenvalue weighted by Crippen LogP contribution is 2.33. The Hall–Kier alpha value is -3.32. The first-order valence-corrected chi connectivity index (χ1v) is 9.26. The molecule has 0 unspecified atom stereocenters. The summed E-state index contributed by atoms with van der Waals surface area (Å²) >= 11 is 5.94. The average molecular weight is 431 g/mol. The minimum Gasteiger partial charge on any atom is -0.478 e. The van der Waals surface area contributed by atoms with E-state index < -0.39 is 17.7 Å². The zero-order valence-corrected chi connectivity index (χ0v) is 16.1. The maximum absolute atomic E-state index is 13.1. The van der Waals surface area contributed by atoms with Crippen LogP contribution in [0.1, 0.15) is 21.5 Å². The lowest BCUT2D eigenvalue weighted by atomic mass is 10.1. The van der Waals surface area contributed by atoms with Crippen molar-refractivity contribution in [3.8, 4) is 11.4 Å². The molecular formula is C22H14ClF3N2O2. The summed E-state index contributed by atoms with van der Waals surface area (Å²) in [5.74, 6) is -0.623. The SMILES string of the molecule is O=C(O)c1ccc(-c2nc3cc(C(F)(F)F)ccc3n2Cc2ccc(Cl)cc2)cc1. The van der Waals surface area contributed by atoms with Crippen LogP contribution in [-0.2, 0) is 12.7 Å². The lowest BCUT2D eigenvalue weighted by Gasteiger charge is -2.11. The molecule has 0 aliphatic rings. The Labute approximate surface area is 174 Å². The second-order valence-corrected chi connectivity index (χ2v) is 7.17. The number of nitrogens with zero attached hydrogens (tertiary/aromatic N) is 2. The zero-order valence-electron chi connectivity index (χ0n) is 15.3. The highest BCUT2D eigenvalue weighted by atomic mass is 35.5. The van der Waals surface area contributed by atoms with E-state index in [0.29, 0.717) is 28.5 Å². The molecule has 4 nitrogen and oxygen atoms in total. The van der Waals surface area contributed by atoms with Crippen LogP contribution in [-0.4, -0.2) is 20.6 Å². The van der Waals surface area contributed by atoms with Crippen molar-refractivity contribution >= 4 is 28.6 Å². The maximum Gasteiger partial charge on any atom is 0.416 e. The van der Waals surface area contributed by atoms with Crippen molar-refractivity contribution < 1.29 is 23.1 Å². The quantitative estimate of drug-likeness (QED) is 0.424. The Morgan fingerprint density at radius 3 is 2.27 bits per heavy atom. The lowest BCUT2D eigenvalue weighted by molar-refractivity contribution is -0.137. The number of alkyl halides is 3. The average Bonchev–Trinajstić information content (AvgIpc) is 3.07. The third-order valence-corrected chi connectivity index (χ3v) is 4.97. The third-order valence-electron chi connectivity index (χ3n) is 4.72. The summed E-state index contributed by atoms with van der Waals surface area (Å²) in [6.07, 6.45) is -4.47. The summed E-state index contributed by atoms with van der Waals surface area (Å²) in [4.78, 5) is 15.6. The highest BCUT2D eigenvalue weighted by Gasteiger charge is 2.31. The molecule has 0 atom stereocenters. The summed E-state index contributed by atoms with van der Waals surface area (Å²) in [6, 6.07) is 16.6. The third kappa shape index (κ3) is 3.89. The molecule has 152 valence electrons. The van der Waals surface area contributed by atoms with E-state index in [9.17, 15) is 18.0 Å². The molecule has 3 aromatic carbocycles. The number of carboxylic acid groups (broad SMARTS) is 1. The van der Waals surface area contributed by atoms with Crippen LogP contribution in [0.5, 0.6) is 0 Å². The second-order valence-electron chi connectivity index (χ2n) is 6.73. The Morgan fingerprint density at radius 2 is 1.67 bits per heavy atom.